The van der Waals surface area contributed by atoms with E-state index >= 15 is 0 Å². The van der Waals surface area contributed by atoms with E-state index in [-0.39, 0.29) is 12.3 Å². The fraction of sp³-hybridized carbons (Fsp3) is 0.273. The second kappa shape index (κ2) is 8.35. The van der Waals surface area contributed by atoms with E-state index in [2.05, 4.69) is 42.1 Å². The van der Waals surface area contributed by atoms with Crippen LogP contribution in [0.25, 0.3) is 10.2 Å². The SMILES string of the molecule is C=CCn1c(=NC(=O)Cc2ccc(OCC)cc2)sc2c(C)cc(C)cc21. The molecule has 0 unspecified atom stereocenters. The average Bonchev–Trinajstić information content (AvgIpc) is 2.95. The van der Waals surface area contributed by atoms with Crippen molar-refractivity contribution in [1.29, 1.82) is 0 Å². The molecule has 1 aromatic heterocycles. The summed E-state index contributed by atoms with van der Waals surface area (Å²) in [6.07, 6.45) is 2.10. The molecule has 0 atom stereocenters. The number of benzene rings is 2. The highest BCUT2D eigenvalue weighted by atomic mass is 32.1. The highest BCUT2D eigenvalue weighted by Gasteiger charge is 2.10. The zero-order valence-corrected chi connectivity index (χ0v) is 16.8. The Morgan fingerprint density at radius 1 is 1.26 bits per heavy atom. The molecule has 0 bridgehead atoms. The lowest BCUT2D eigenvalue weighted by atomic mass is 10.1. The van der Waals surface area contributed by atoms with Gasteiger partial charge in [-0.25, -0.2) is 0 Å². The van der Waals surface area contributed by atoms with Crippen molar-refractivity contribution in [2.24, 2.45) is 4.99 Å². The van der Waals surface area contributed by atoms with Crippen LogP contribution in [0.1, 0.15) is 23.6 Å². The van der Waals surface area contributed by atoms with Crippen LogP contribution in [-0.4, -0.2) is 17.1 Å². The quantitative estimate of drug-likeness (QED) is 0.588. The largest absolute Gasteiger partial charge is 0.494 e. The van der Waals surface area contributed by atoms with Gasteiger partial charge in [-0.05, 0) is 55.7 Å². The first-order valence-corrected chi connectivity index (χ1v) is 9.84. The molecule has 27 heavy (non-hydrogen) atoms. The monoisotopic (exact) mass is 380 g/mol. The van der Waals surface area contributed by atoms with Crippen molar-refractivity contribution in [1.82, 2.24) is 4.57 Å². The molecule has 3 rings (SSSR count). The number of rotatable bonds is 6. The van der Waals surface area contributed by atoms with Crippen LogP contribution in [0.2, 0.25) is 0 Å². The molecule has 2 aromatic carbocycles. The maximum absolute atomic E-state index is 12.5. The van der Waals surface area contributed by atoms with Crippen LogP contribution < -0.4 is 9.54 Å². The molecule has 140 valence electrons. The zero-order valence-electron chi connectivity index (χ0n) is 16.0. The summed E-state index contributed by atoms with van der Waals surface area (Å²) in [7, 11) is 0. The molecule has 0 N–H and O–H groups in total. The van der Waals surface area contributed by atoms with Gasteiger partial charge in [0.15, 0.2) is 4.80 Å². The van der Waals surface area contributed by atoms with Gasteiger partial charge in [-0.15, -0.1) is 6.58 Å². The molecule has 0 aliphatic rings. The summed E-state index contributed by atoms with van der Waals surface area (Å²) < 4.78 is 8.66. The number of fused-ring (bicyclic) bond motifs is 1. The Kier molecular flexibility index (Phi) is 5.91. The lowest BCUT2D eigenvalue weighted by Crippen LogP contribution is -2.17. The van der Waals surface area contributed by atoms with Crippen LogP contribution in [0, 0.1) is 13.8 Å². The normalized spacial score (nSPS) is 11.7. The van der Waals surface area contributed by atoms with E-state index in [1.165, 1.54) is 11.1 Å². The lowest BCUT2D eigenvalue weighted by molar-refractivity contribution is -0.117. The number of ether oxygens (including phenoxy) is 1. The van der Waals surface area contributed by atoms with Gasteiger partial charge >= 0.3 is 0 Å². The maximum Gasteiger partial charge on any atom is 0.252 e. The van der Waals surface area contributed by atoms with Crippen LogP contribution in [0.3, 0.4) is 0 Å². The smallest absolute Gasteiger partial charge is 0.252 e. The van der Waals surface area contributed by atoms with Gasteiger partial charge < -0.3 is 9.30 Å². The number of thiazole rings is 1. The molecule has 0 aliphatic heterocycles. The highest BCUT2D eigenvalue weighted by molar-refractivity contribution is 7.16. The molecule has 0 saturated heterocycles. The minimum atomic E-state index is -0.155. The number of carbonyl (C=O) groups excluding carboxylic acids is 1. The van der Waals surface area contributed by atoms with Crippen molar-refractivity contribution >= 4 is 27.5 Å². The second-order valence-corrected chi connectivity index (χ2v) is 7.45. The molecule has 0 spiro atoms. The Labute approximate surface area is 163 Å². The molecule has 0 aliphatic carbocycles. The fourth-order valence-electron chi connectivity index (χ4n) is 3.09. The molecular weight excluding hydrogens is 356 g/mol. The van der Waals surface area contributed by atoms with E-state index in [4.69, 9.17) is 4.74 Å². The van der Waals surface area contributed by atoms with Gasteiger partial charge in [0.25, 0.3) is 5.91 Å². The topological polar surface area (TPSA) is 43.6 Å². The summed E-state index contributed by atoms with van der Waals surface area (Å²) in [6.45, 7) is 11.2. The first-order valence-electron chi connectivity index (χ1n) is 9.02. The molecule has 3 aromatic rings. The Bertz CT molecular complexity index is 1040. The van der Waals surface area contributed by atoms with Gasteiger partial charge in [-0.3, -0.25) is 4.79 Å². The summed E-state index contributed by atoms with van der Waals surface area (Å²) in [5.74, 6) is 0.655. The van der Waals surface area contributed by atoms with E-state index < -0.39 is 0 Å². The Balaban J connectivity index is 1.94. The fourth-order valence-corrected chi connectivity index (χ4v) is 4.20. The minimum absolute atomic E-state index is 0.155. The van der Waals surface area contributed by atoms with Gasteiger partial charge in [0.2, 0.25) is 0 Å². The molecule has 0 fully saturated rings. The number of nitrogens with zero attached hydrogens (tertiary/aromatic N) is 2. The van der Waals surface area contributed by atoms with E-state index in [0.717, 1.165) is 26.3 Å². The zero-order chi connectivity index (χ0) is 19.4. The third-order valence-corrected chi connectivity index (χ3v) is 5.47. The predicted molar refractivity (Wildman–Crippen MR) is 111 cm³/mol. The molecule has 1 heterocycles. The van der Waals surface area contributed by atoms with Crippen LogP contribution >= 0.6 is 11.3 Å². The first-order chi connectivity index (χ1) is 13.0. The van der Waals surface area contributed by atoms with Crippen LogP contribution in [0.4, 0.5) is 0 Å². The van der Waals surface area contributed by atoms with E-state index in [9.17, 15) is 4.79 Å². The minimum Gasteiger partial charge on any atom is -0.494 e. The summed E-state index contributed by atoms with van der Waals surface area (Å²) in [6, 6.07) is 11.9. The third kappa shape index (κ3) is 4.37. The van der Waals surface area contributed by atoms with Gasteiger partial charge in [0, 0.05) is 6.54 Å². The second-order valence-electron chi connectivity index (χ2n) is 6.47. The van der Waals surface area contributed by atoms with Crippen molar-refractivity contribution < 1.29 is 9.53 Å². The van der Waals surface area contributed by atoms with E-state index in [0.29, 0.717) is 13.2 Å². The lowest BCUT2D eigenvalue weighted by Gasteiger charge is -2.04. The Morgan fingerprint density at radius 3 is 2.67 bits per heavy atom. The summed E-state index contributed by atoms with van der Waals surface area (Å²) in [4.78, 5) is 17.7. The molecule has 5 heteroatoms. The van der Waals surface area contributed by atoms with Crippen LogP contribution in [-0.2, 0) is 17.8 Å². The first kappa shape index (κ1) is 19.1. The van der Waals surface area contributed by atoms with E-state index in [1.54, 1.807) is 11.3 Å². The van der Waals surface area contributed by atoms with Crippen molar-refractivity contribution in [3.05, 3.63) is 70.5 Å². The number of allylic oxidation sites excluding steroid dienone is 1. The average molecular weight is 381 g/mol. The summed E-state index contributed by atoms with van der Waals surface area (Å²) in [5.41, 5.74) is 4.43. The molecule has 1 amide bonds. The van der Waals surface area contributed by atoms with Gasteiger partial charge in [-0.2, -0.15) is 4.99 Å². The summed E-state index contributed by atoms with van der Waals surface area (Å²) >= 11 is 1.55. The Morgan fingerprint density at radius 2 is 2.00 bits per heavy atom. The number of aromatic nitrogens is 1. The Hall–Kier alpha value is -2.66. The highest BCUT2D eigenvalue weighted by Crippen LogP contribution is 2.23. The van der Waals surface area contributed by atoms with Crippen LogP contribution in [0.5, 0.6) is 5.75 Å². The number of amides is 1. The molecule has 0 radical (unpaired) electrons. The number of aryl methyl sites for hydroxylation is 2. The van der Waals surface area contributed by atoms with Gasteiger partial charge in [-0.1, -0.05) is 35.6 Å². The van der Waals surface area contributed by atoms with Gasteiger partial charge in [0.1, 0.15) is 5.75 Å². The molecular formula is C22H24N2O2S. The van der Waals surface area contributed by atoms with Crippen molar-refractivity contribution in [3.8, 4) is 5.75 Å². The number of carbonyl (C=O) groups is 1. The predicted octanol–water partition coefficient (Wildman–Crippen LogP) is 4.57. The molecule has 0 saturated carbocycles. The number of hydrogen-bond acceptors (Lipinski definition) is 3. The van der Waals surface area contributed by atoms with Crippen LogP contribution in [0.15, 0.2) is 54.0 Å². The number of hydrogen-bond donors (Lipinski definition) is 0. The van der Waals surface area contributed by atoms with Crippen molar-refractivity contribution in [2.45, 2.75) is 33.7 Å². The van der Waals surface area contributed by atoms with E-state index in [1.807, 2.05) is 37.3 Å². The third-order valence-electron chi connectivity index (χ3n) is 4.24. The summed E-state index contributed by atoms with van der Waals surface area (Å²) in [5, 5.41) is 0. The standard InChI is InChI=1S/C22H24N2O2S/c1-5-11-24-19-13-15(3)12-16(4)21(19)27-22(24)23-20(25)14-17-7-9-18(10-8-17)26-6-2/h5,7-10,12-13H,1,6,11,14H2,2-4H3. The van der Waals surface area contributed by atoms with Gasteiger partial charge in [0.05, 0.1) is 23.2 Å². The van der Waals surface area contributed by atoms with Crippen molar-refractivity contribution in [2.75, 3.05) is 6.61 Å². The van der Waals surface area contributed by atoms with Crippen molar-refractivity contribution in [3.63, 3.8) is 0 Å². The maximum atomic E-state index is 12.5. The molecule has 4 nitrogen and oxygen atoms in total.